The Labute approximate surface area is 211 Å². The van der Waals surface area contributed by atoms with Gasteiger partial charge < -0.3 is 25.2 Å². The quantitative estimate of drug-likeness (QED) is 0.241. The molecule has 0 aromatic heterocycles. The lowest BCUT2D eigenvalue weighted by Crippen LogP contribution is -2.42. The number of likely N-dealkylation sites (tertiary alicyclic amines) is 1. The van der Waals surface area contributed by atoms with E-state index in [9.17, 15) is 19.2 Å². The molecule has 0 radical (unpaired) electrons. The van der Waals surface area contributed by atoms with E-state index >= 15 is 0 Å². The Morgan fingerprint density at radius 1 is 0.917 bits per heavy atom. The lowest BCUT2D eigenvalue weighted by Gasteiger charge is -2.30. The predicted molar refractivity (Wildman–Crippen MR) is 130 cm³/mol. The predicted octanol–water partition coefficient (Wildman–Crippen LogP) is 2.70. The van der Waals surface area contributed by atoms with Gasteiger partial charge in [0.15, 0.2) is 5.60 Å². The van der Waals surface area contributed by atoms with Gasteiger partial charge in [-0.1, -0.05) is 24.3 Å². The van der Waals surface area contributed by atoms with Gasteiger partial charge >= 0.3 is 23.9 Å². The van der Waals surface area contributed by atoms with Crippen LogP contribution in [-0.2, 0) is 23.9 Å². The van der Waals surface area contributed by atoms with E-state index in [4.69, 9.17) is 25.2 Å². The van der Waals surface area contributed by atoms with Crippen molar-refractivity contribution in [1.29, 1.82) is 0 Å². The van der Waals surface area contributed by atoms with E-state index in [1.165, 1.54) is 19.3 Å². The van der Waals surface area contributed by atoms with Crippen molar-refractivity contribution in [3.63, 3.8) is 0 Å². The maximum absolute atomic E-state index is 12.8. The van der Waals surface area contributed by atoms with Gasteiger partial charge in [-0.05, 0) is 76.8 Å². The van der Waals surface area contributed by atoms with Crippen molar-refractivity contribution in [3.8, 4) is 0 Å². The van der Waals surface area contributed by atoms with Crippen molar-refractivity contribution in [2.45, 2.75) is 76.4 Å². The third-order valence-electron chi connectivity index (χ3n) is 7.05. The number of hydrogen-bond acceptors (Lipinski definition) is 7. The molecule has 4 unspecified atom stereocenters. The van der Waals surface area contributed by atoms with Gasteiger partial charge in [-0.25, -0.2) is 4.79 Å². The highest BCUT2D eigenvalue weighted by molar-refractivity contribution is 5.88. The first-order valence-electron chi connectivity index (χ1n) is 12.7. The molecule has 10 heteroatoms. The molecule has 3 rings (SSSR count). The molecule has 202 valence electrons. The van der Waals surface area contributed by atoms with E-state index in [1.807, 2.05) is 0 Å². The summed E-state index contributed by atoms with van der Waals surface area (Å²) in [7, 11) is 0. The first kappa shape index (κ1) is 29.5. The summed E-state index contributed by atoms with van der Waals surface area (Å²) >= 11 is 0. The van der Waals surface area contributed by atoms with Crippen molar-refractivity contribution in [1.82, 2.24) is 4.90 Å². The Morgan fingerprint density at radius 3 is 1.94 bits per heavy atom. The molecular weight excluding hydrogens is 470 g/mol. The van der Waals surface area contributed by atoms with E-state index in [0.717, 1.165) is 38.8 Å². The number of rotatable bonds is 11. The summed E-state index contributed by atoms with van der Waals surface area (Å²) in [5, 5.41) is 33.8. The zero-order chi connectivity index (χ0) is 26.7. The number of aliphatic carboxylic acids is 3. The fourth-order valence-electron chi connectivity index (χ4n) is 5.06. The molecule has 1 aliphatic heterocycles. The summed E-state index contributed by atoms with van der Waals surface area (Å²) in [4.78, 5) is 45.8. The highest BCUT2D eigenvalue weighted by Gasteiger charge is 2.41. The highest BCUT2D eigenvalue weighted by Crippen LogP contribution is 2.36. The molecule has 4 atom stereocenters. The summed E-state index contributed by atoms with van der Waals surface area (Å²) in [6.45, 7) is 5.03. The van der Waals surface area contributed by atoms with Crippen LogP contribution in [0.5, 0.6) is 0 Å². The summed E-state index contributed by atoms with van der Waals surface area (Å²) in [5.74, 6) is -4.22. The van der Waals surface area contributed by atoms with Crippen molar-refractivity contribution in [2.75, 3.05) is 19.7 Å². The third-order valence-corrected chi connectivity index (χ3v) is 7.05. The zero-order valence-electron chi connectivity index (χ0n) is 20.9. The van der Waals surface area contributed by atoms with E-state index in [1.54, 1.807) is 0 Å². The van der Waals surface area contributed by atoms with Crippen LogP contribution in [0.4, 0.5) is 0 Å². The Morgan fingerprint density at radius 2 is 1.47 bits per heavy atom. The number of allylic oxidation sites excluding steroid dienone is 4. The maximum atomic E-state index is 12.8. The molecule has 0 amide bonds. The normalized spacial score (nSPS) is 23.4. The second kappa shape index (κ2) is 14.1. The first-order chi connectivity index (χ1) is 17.0. The maximum Gasteiger partial charge on any atom is 0.336 e. The van der Waals surface area contributed by atoms with Crippen LogP contribution < -0.4 is 0 Å². The number of esters is 1. The van der Waals surface area contributed by atoms with Crippen LogP contribution in [-0.4, -0.2) is 80.5 Å². The summed E-state index contributed by atoms with van der Waals surface area (Å²) in [6.07, 6.45) is 15.0. The molecule has 4 N–H and O–H groups in total. The highest BCUT2D eigenvalue weighted by atomic mass is 16.5. The van der Waals surface area contributed by atoms with Crippen molar-refractivity contribution < 1.29 is 44.3 Å². The van der Waals surface area contributed by atoms with Crippen LogP contribution in [0.3, 0.4) is 0 Å². The minimum Gasteiger partial charge on any atom is -0.481 e. The average molecular weight is 510 g/mol. The number of carbonyl (C=O) groups is 4. The summed E-state index contributed by atoms with van der Waals surface area (Å²) < 4.78 is 5.80. The number of hydrogen-bond donors (Lipinski definition) is 4. The molecule has 36 heavy (non-hydrogen) atoms. The number of carbonyl (C=O) groups excluding carboxylic acids is 1. The van der Waals surface area contributed by atoms with Gasteiger partial charge in [0.05, 0.1) is 18.8 Å². The number of carboxylic acids is 3. The molecule has 0 saturated carbocycles. The lowest BCUT2D eigenvalue weighted by molar-refractivity contribution is -0.170. The Hall–Kier alpha value is -2.72. The van der Waals surface area contributed by atoms with Crippen LogP contribution in [0.25, 0.3) is 0 Å². The fraction of sp³-hybridized carbons (Fsp3) is 0.692. The van der Waals surface area contributed by atoms with Crippen molar-refractivity contribution in [2.24, 2.45) is 17.8 Å². The Balaban J connectivity index is 0.000000302. The van der Waals surface area contributed by atoms with E-state index in [-0.39, 0.29) is 11.9 Å². The Bertz CT molecular complexity index is 815. The molecule has 0 aromatic rings. The van der Waals surface area contributed by atoms with Gasteiger partial charge in [0.1, 0.15) is 6.61 Å². The van der Waals surface area contributed by atoms with Crippen LogP contribution >= 0.6 is 0 Å². The summed E-state index contributed by atoms with van der Waals surface area (Å²) in [6, 6.07) is 0.350. The molecule has 0 aromatic carbocycles. The molecule has 2 aliphatic carbocycles. The molecule has 1 saturated heterocycles. The van der Waals surface area contributed by atoms with Crippen LogP contribution in [0.1, 0.15) is 64.7 Å². The van der Waals surface area contributed by atoms with E-state index < -0.39 is 36.4 Å². The fourth-order valence-corrected chi connectivity index (χ4v) is 5.06. The van der Waals surface area contributed by atoms with Gasteiger partial charge in [-0.2, -0.15) is 0 Å². The summed E-state index contributed by atoms with van der Waals surface area (Å²) in [5.41, 5.74) is -2.74. The van der Waals surface area contributed by atoms with Gasteiger partial charge in [0, 0.05) is 6.04 Å². The first-order valence-corrected chi connectivity index (χ1v) is 12.7. The van der Waals surface area contributed by atoms with E-state index in [0.29, 0.717) is 24.5 Å². The van der Waals surface area contributed by atoms with Gasteiger partial charge in [-0.3, -0.25) is 19.3 Å². The lowest BCUT2D eigenvalue weighted by atomic mass is 9.77. The monoisotopic (exact) mass is 509 g/mol. The number of ether oxygens (including phenoxy) is 1. The topological polar surface area (TPSA) is 162 Å². The minimum atomic E-state index is -2.74. The number of carboxylic acid groups (broad SMARTS) is 3. The van der Waals surface area contributed by atoms with Crippen molar-refractivity contribution >= 4 is 23.9 Å². The van der Waals surface area contributed by atoms with Crippen molar-refractivity contribution in [3.05, 3.63) is 24.3 Å². The molecule has 3 aliphatic rings. The second-order valence-electron chi connectivity index (χ2n) is 9.92. The minimum absolute atomic E-state index is 0.0241. The SMILES string of the molecule is CC(COC(=O)C(C1C=CCC1)C1C=CCCC1)N1CCCC1.O=C(O)CC(O)(CC(=O)O)C(=O)O. The second-order valence-corrected chi connectivity index (χ2v) is 9.92. The average Bonchev–Trinajstić information content (AvgIpc) is 3.52. The van der Waals surface area contributed by atoms with Crippen LogP contribution in [0.2, 0.25) is 0 Å². The van der Waals surface area contributed by atoms with Gasteiger partial charge in [-0.15, -0.1) is 0 Å². The molecule has 1 heterocycles. The molecule has 0 bridgehead atoms. The number of aliphatic hydroxyl groups is 1. The van der Waals surface area contributed by atoms with Gasteiger partial charge in [0.25, 0.3) is 0 Å². The molecule has 10 nitrogen and oxygen atoms in total. The van der Waals surface area contributed by atoms with Crippen LogP contribution in [0, 0.1) is 17.8 Å². The largest absolute Gasteiger partial charge is 0.481 e. The zero-order valence-corrected chi connectivity index (χ0v) is 20.9. The van der Waals surface area contributed by atoms with Crippen LogP contribution in [0.15, 0.2) is 24.3 Å². The third kappa shape index (κ3) is 9.05. The molecular formula is C26H39NO9. The molecule has 0 spiro atoms. The molecule has 1 fully saturated rings. The standard InChI is InChI=1S/C20H31NO2.C6H8O7/c1-16(21-13-7-8-14-21)15-23-20(22)19(18-11-5-6-12-18)17-9-3-2-4-10-17;7-3(8)1-6(13,5(11)12)2-4(9)10/h3,5,9,11,16-19H,2,4,6-8,10,12-15H2,1H3;13H,1-2H2,(H,7,8)(H,9,10)(H,11,12). The smallest absolute Gasteiger partial charge is 0.336 e. The number of nitrogens with zero attached hydrogens (tertiary/aromatic N) is 1. The van der Waals surface area contributed by atoms with E-state index in [2.05, 4.69) is 36.1 Å². The van der Waals surface area contributed by atoms with Gasteiger partial charge in [0.2, 0.25) is 0 Å². The Kier molecular flexibility index (Phi) is 11.6.